The van der Waals surface area contributed by atoms with Crippen LogP contribution in [-0.2, 0) is 32.2 Å². The number of aliphatic hydroxyl groups is 1. The quantitative estimate of drug-likeness (QED) is 0.0848. The molecule has 300 valence electrons. The number of benzene rings is 4. The number of rotatable bonds is 15. The van der Waals surface area contributed by atoms with Crippen LogP contribution in [-0.4, -0.2) is 63.7 Å². The van der Waals surface area contributed by atoms with Crippen LogP contribution in [0.5, 0.6) is 0 Å². The maximum Gasteiger partial charge on any atom is 0.326 e. The summed E-state index contributed by atoms with van der Waals surface area (Å²) in [6.07, 6.45) is 3.89. The molecule has 2 aliphatic rings. The summed E-state index contributed by atoms with van der Waals surface area (Å²) in [7, 11) is 0. The maximum atomic E-state index is 12.9. The number of aromatic amines is 1. The Hall–Kier alpha value is -5.07. The molecule has 2 saturated heterocycles. The number of ether oxygens (including phenoxy) is 2. The first-order chi connectivity index (χ1) is 27.7. The highest BCUT2D eigenvalue weighted by Crippen LogP contribution is 2.42. The molecule has 1 aromatic heterocycles. The minimum Gasteiger partial charge on any atom is -0.392 e. The zero-order valence-electron chi connectivity index (χ0n) is 33.0. The Labute approximate surface area is 334 Å². The third-order valence-corrected chi connectivity index (χ3v) is 11.5. The number of piperidine rings is 1. The van der Waals surface area contributed by atoms with Crippen molar-refractivity contribution in [3.05, 3.63) is 130 Å². The van der Waals surface area contributed by atoms with Crippen LogP contribution in [0.25, 0.3) is 22.2 Å². The van der Waals surface area contributed by atoms with E-state index in [0.29, 0.717) is 19.5 Å². The van der Waals surface area contributed by atoms with Crippen molar-refractivity contribution in [1.29, 1.82) is 0 Å². The molecule has 4 unspecified atom stereocenters. The molecule has 4 atom stereocenters. The Kier molecular flexibility index (Phi) is 13.3. The summed E-state index contributed by atoms with van der Waals surface area (Å²) in [6.45, 7) is 7.28. The van der Waals surface area contributed by atoms with Gasteiger partial charge in [0.15, 0.2) is 6.29 Å². The Morgan fingerprint density at radius 1 is 0.825 bits per heavy atom. The number of hydrogen-bond acceptors (Lipinski definition) is 7. The van der Waals surface area contributed by atoms with Gasteiger partial charge < -0.3 is 35.1 Å². The van der Waals surface area contributed by atoms with Gasteiger partial charge in [0, 0.05) is 63.6 Å². The van der Waals surface area contributed by atoms with Crippen molar-refractivity contribution >= 4 is 22.8 Å². The van der Waals surface area contributed by atoms with Crippen molar-refractivity contribution in [2.75, 3.05) is 26.2 Å². The smallest absolute Gasteiger partial charge is 0.326 e. The Morgan fingerprint density at radius 3 is 2.33 bits per heavy atom. The first-order valence-electron chi connectivity index (χ1n) is 20.4. The fraction of sp³-hybridized carbons (Fsp3) is 0.413. The van der Waals surface area contributed by atoms with E-state index in [9.17, 15) is 19.5 Å². The molecule has 4 aromatic carbocycles. The van der Waals surface area contributed by atoms with Gasteiger partial charge in [-0.2, -0.15) is 0 Å². The number of carbonyl (C=O) groups is 2. The van der Waals surface area contributed by atoms with E-state index in [2.05, 4.69) is 63.8 Å². The molecule has 0 spiro atoms. The van der Waals surface area contributed by atoms with Gasteiger partial charge in [-0.3, -0.25) is 14.2 Å². The number of imidazole rings is 1. The summed E-state index contributed by atoms with van der Waals surface area (Å²) in [6, 6.07) is 32.6. The normalized spacial score (nSPS) is 20.4. The summed E-state index contributed by atoms with van der Waals surface area (Å²) in [5.74, 6) is 0.0616. The lowest BCUT2D eigenvalue weighted by Crippen LogP contribution is -2.47. The second-order valence-corrected chi connectivity index (χ2v) is 15.6. The molecular weight excluding hydrogens is 719 g/mol. The topological polar surface area (TPSA) is 138 Å². The van der Waals surface area contributed by atoms with E-state index >= 15 is 0 Å². The minimum absolute atomic E-state index is 0.0106. The molecule has 2 aliphatic heterocycles. The molecule has 57 heavy (non-hydrogen) atoms. The lowest BCUT2D eigenvalue weighted by molar-refractivity contribution is -0.276. The standard InChI is InChI=1S/C46H55N5O6/c1-31-42(29-50-25-22-39(23-26-50)51-41-12-6-5-11-40(41)49-46(51)55)56-45(57-44(31)36-16-14-33(30-52)15-17-36)37-20-18-35(19-21-37)38-10-8-9-34(27-38)28-48-43(54)13-4-3-7-24-47-32(2)53/h5-6,8-12,14-21,27,31,39,42,44-45,52H,3-4,7,13,22-26,28-30H2,1-2H3,(H,47,53)(H,48,54)(H,49,55). The Morgan fingerprint density at radius 2 is 1.58 bits per heavy atom. The number of aliphatic hydroxyl groups excluding tert-OH is 1. The third-order valence-electron chi connectivity index (χ3n) is 11.5. The van der Waals surface area contributed by atoms with Gasteiger partial charge in [0.1, 0.15) is 0 Å². The van der Waals surface area contributed by atoms with Gasteiger partial charge in [-0.1, -0.05) is 92.2 Å². The second kappa shape index (κ2) is 18.9. The molecule has 0 saturated carbocycles. The highest BCUT2D eigenvalue weighted by Gasteiger charge is 2.39. The average molecular weight is 774 g/mol. The van der Waals surface area contributed by atoms with Crippen molar-refractivity contribution in [1.82, 2.24) is 25.1 Å². The Balaban J connectivity index is 0.995. The first kappa shape index (κ1) is 40.1. The summed E-state index contributed by atoms with van der Waals surface area (Å²) >= 11 is 0. The van der Waals surface area contributed by atoms with Crippen molar-refractivity contribution in [2.24, 2.45) is 5.92 Å². The summed E-state index contributed by atoms with van der Waals surface area (Å²) < 4.78 is 15.5. The molecule has 11 heteroatoms. The fourth-order valence-electron chi connectivity index (χ4n) is 8.21. The summed E-state index contributed by atoms with van der Waals surface area (Å²) in [5, 5.41) is 15.5. The molecule has 4 N–H and O–H groups in total. The largest absolute Gasteiger partial charge is 0.392 e. The second-order valence-electron chi connectivity index (χ2n) is 15.6. The van der Waals surface area contributed by atoms with E-state index in [0.717, 1.165) is 96.2 Å². The predicted molar refractivity (Wildman–Crippen MR) is 221 cm³/mol. The van der Waals surface area contributed by atoms with E-state index in [1.807, 2.05) is 65.2 Å². The number of nitrogens with zero attached hydrogens (tertiary/aromatic N) is 2. The van der Waals surface area contributed by atoms with Crippen LogP contribution in [0.4, 0.5) is 0 Å². The summed E-state index contributed by atoms with van der Waals surface area (Å²) in [5.41, 5.74) is 7.78. The van der Waals surface area contributed by atoms with E-state index in [4.69, 9.17) is 9.47 Å². The number of likely N-dealkylation sites (tertiary alicyclic amines) is 1. The van der Waals surface area contributed by atoms with Gasteiger partial charge in [-0.15, -0.1) is 0 Å². The number of para-hydroxylation sites is 2. The molecule has 3 heterocycles. The molecule has 0 bridgehead atoms. The monoisotopic (exact) mass is 773 g/mol. The van der Waals surface area contributed by atoms with Gasteiger partial charge in [-0.25, -0.2) is 4.79 Å². The van der Waals surface area contributed by atoms with Crippen LogP contribution in [0.3, 0.4) is 0 Å². The number of amides is 2. The lowest BCUT2D eigenvalue weighted by Gasteiger charge is -2.44. The number of carbonyl (C=O) groups excluding carboxylic acids is 2. The third kappa shape index (κ3) is 10.1. The number of aromatic nitrogens is 2. The number of nitrogens with one attached hydrogen (secondary N) is 3. The zero-order chi connectivity index (χ0) is 39.7. The van der Waals surface area contributed by atoms with E-state index < -0.39 is 6.29 Å². The number of H-pyrrole nitrogens is 1. The SMILES string of the molecule is CC(=O)NCCCCCC(=O)NCc1cccc(-c2ccc(C3OC(CN4CCC(n5c(=O)[nH]c6ccccc65)CC4)C(C)C(c4ccc(CO)cc4)O3)cc2)c1. The molecule has 5 aromatic rings. The highest BCUT2D eigenvalue weighted by atomic mass is 16.7. The minimum atomic E-state index is -0.572. The van der Waals surface area contributed by atoms with Crippen LogP contribution >= 0.6 is 0 Å². The van der Waals surface area contributed by atoms with Crippen LogP contribution < -0.4 is 16.3 Å². The van der Waals surface area contributed by atoms with Crippen LogP contribution in [0.15, 0.2) is 102 Å². The fourth-order valence-corrected chi connectivity index (χ4v) is 8.21. The first-order valence-corrected chi connectivity index (χ1v) is 20.4. The number of hydrogen-bond donors (Lipinski definition) is 4. The van der Waals surface area contributed by atoms with Gasteiger partial charge in [0.2, 0.25) is 11.8 Å². The zero-order valence-corrected chi connectivity index (χ0v) is 33.0. The van der Waals surface area contributed by atoms with Crippen molar-refractivity contribution in [3.8, 4) is 11.1 Å². The van der Waals surface area contributed by atoms with Crippen LogP contribution in [0, 0.1) is 5.92 Å². The molecule has 0 aliphatic carbocycles. The van der Waals surface area contributed by atoms with Crippen molar-refractivity contribution < 1.29 is 24.2 Å². The predicted octanol–water partition coefficient (Wildman–Crippen LogP) is 6.93. The molecule has 11 nitrogen and oxygen atoms in total. The van der Waals surface area contributed by atoms with E-state index in [1.165, 1.54) is 6.92 Å². The molecule has 0 radical (unpaired) electrons. The maximum absolute atomic E-state index is 12.9. The molecule has 2 amide bonds. The molecule has 7 rings (SSSR count). The van der Waals surface area contributed by atoms with Gasteiger partial charge in [0.05, 0.1) is 29.8 Å². The lowest BCUT2D eigenvalue weighted by atomic mass is 9.89. The Bertz CT molecular complexity index is 2150. The molecular formula is C46H55N5O6. The van der Waals surface area contributed by atoms with Crippen molar-refractivity contribution in [3.63, 3.8) is 0 Å². The summed E-state index contributed by atoms with van der Waals surface area (Å²) in [4.78, 5) is 41.9. The van der Waals surface area contributed by atoms with Gasteiger partial charge in [0.25, 0.3) is 0 Å². The van der Waals surface area contributed by atoms with Gasteiger partial charge in [-0.05, 0) is 71.7 Å². The van der Waals surface area contributed by atoms with Gasteiger partial charge >= 0.3 is 5.69 Å². The number of fused-ring (bicyclic) bond motifs is 1. The average Bonchev–Trinajstić information content (AvgIpc) is 3.58. The van der Waals surface area contributed by atoms with Crippen LogP contribution in [0.2, 0.25) is 0 Å². The number of unbranched alkanes of at least 4 members (excludes halogenated alkanes) is 2. The van der Waals surface area contributed by atoms with Crippen LogP contribution in [0.1, 0.15) is 93.1 Å². The van der Waals surface area contributed by atoms with E-state index in [-0.39, 0.29) is 48.3 Å². The highest BCUT2D eigenvalue weighted by molar-refractivity contribution is 5.76. The van der Waals surface area contributed by atoms with E-state index in [1.54, 1.807) is 0 Å². The van der Waals surface area contributed by atoms with Crippen molar-refractivity contribution in [2.45, 2.75) is 90.1 Å². The molecule has 2 fully saturated rings.